The monoisotopic (exact) mass is 222 g/mol. The zero-order valence-electron chi connectivity index (χ0n) is 9.00. The number of nitrogens with one attached hydrogen (secondary N) is 2. The maximum absolute atomic E-state index is 12.7. The highest BCUT2D eigenvalue weighted by Crippen LogP contribution is 2.05. The molecule has 0 saturated carbocycles. The van der Waals surface area contributed by atoms with Crippen LogP contribution in [0.4, 0.5) is 4.39 Å². The lowest BCUT2D eigenvalue weighted by Gasteiger charge is -2.23. The topological polar surface area (TPSA) is 41.1 Å². The summed E-state index contributed by atoms with van der Waals surface area (Å²) >= 11 is 0. The second kappa shape index (κ2) is 5.07. The summed E-state index contributed by atoms with van der Waals surface area (Å²) in [5.41, 5.74) is 0.506. The normalized spacial score (nSPS) is 20.4. The Bertz CT molecular complexity index is 358. The summed E-state index contributed by atoms with van der Waals surface area (Å²) in [5, 5.41) is 6.16. The van der Waals surface area contributed by atoms with Gasteiger partial charge in [0.15, 0.2) is 0 Å². The van der Waals surface area contributed by atoms with Crippen LogP contribution >= 0.6 is 0 Å². The average molecular weight is 222 g/mol. The molecule has 1 heterocycles. The van der Waals surface area contributed by atoms with Crippen molar-refractivity contribution in [2.75, 3.05) is 13.1 Å². The molecule has 1 amide bonds. The van der Waals surface area contributed by atoms with Crippen molar-refractivity contribution < 1.29 is 9.18 Å². The fraction of sp³-hybridized carbons (Fsp3) is 0.417. The number of benzene rings is 1. The predicted molar refractivity (Wildman–Crippen MR) is 59.8 cm³/mol. The lowest BCUT2D eigenvalue weighted by Crippen LogP contribution is -2.45. The Morgan fingerprint density at radius 3 is 2.75 bits per heavy atom. The molecule has 3 nitrogen and oxygen atoms in total. The van der Waals surface area contributed by atoms with E-state index < -0.39 is 0 Å². The molecule has 0 aromatic heterocycles. The van der Waals surface area contributed by atoms with Crippen molar-refractivity contribution in [3.8, 4) is 0 Å². The highest BCUT2D eigenvalue weighted by molar-refractivity contribution is 5.94. The molecule has 2 N–H and O–H groups in total. The Hall–Kier alpha value is -1.42. The molecular weight excluding hydrogens is 207 g/mol. The van der Waals surface area contributed by atoms with Gasteiger partial charge in [-0.25, -0.2) is 4.39 Å². The number of hydrogen-bond acceptors (Lipinski definition) is 2. The van der Waals surface area contributed by atoms with E-state index in [2.05, 4.69) is 10.6 Å². The van der Waals surface area contributed by atoms with E-state index in [1.807, 2.05) is 0 Å². The summed E-state index contributed by atoms with van der Waals surface area (Å²) in [7, 11) is 0. The van der Waals surface area contributed by atoms with Crippen LogP contribution in [0.2, 0.25) is 0 Å². The van der Waals surface area contributed by atoms with Crippen LogP contribution < -0.4 is 10.6 Å². The third kappa shape index (κ3) is 2.79. The van der Waals surface area contributed by atoms with Crippen molar-refractivity contribution in [2.45, 2.75) is 18.9 Å². The number of piperidine rings is 1. The second-order valence-corrected chi connectivity index (χ2v) is 4.02. The van der Waals surface area contributed by atoms with E-state index in [0.717, 1.165) is 25.9 Å². The van der Waals surface area contributed by atoms with Crippen LogP contribution in [0.3, 0.4) is 0 Å². The third-order valence-electron chi connectivity index (χ3n) is 2.74. The van der Waals surface area contributed by atoms with E-state index in [0.29, 0.717) is 5.56 Å². The van der Waals surface area contributed by atoms with Gasteiger partial charge in [-0.05, 0) is 43.7 Å². The van der Waals surface area contributed by atoms with E-state index in [1.165, 1.54) is 24.3 Å². The molecule has 1 fully saturated rings. The maximum Gasteiger partial charge on any atom is 0.251 e. The summed E-state index contributed by atoms with van der Waals surface area (Å²) in [6.45, 7) is 1.83. The first-order valence-electron chi connectivity index (χ1n) is 5.53. The first-order valence-corrected chi connectivity index (χ1v) is 5.53. The Morgan fingerprint density at radius 2 is 2.12 bits per heavy atom. The van der Waals surface area contributed by atoms with E-state index in [9.17, 15) is 9.18 Å². The predicted octanol–water partition coefficient (Wildman–Crippen LogP) is 1.31. The zero-order valence-corrected chi connectivity index (χ0v) is 9.00. The van der Waals surface area contributed by atoms with E-state index in [4.69, 9.17) is 0 Å². The van der Waals surface area contributed by atoms with Crippen molar-refractivity contribution >= 4 is 5.91 Å². The quantitative estimate of drug-likeness (QED) is 0.792. The molecule has 0 radical (unpaired) electrons. The van der Waals surface area contributed by atoms with Gasteiger partial charge >= 0.3 is 0 Å². The Labute approximate surface area is 94.0 Å². The van der Waals surface area contributed by atoms with Crippen molar-refractivity contribution in [1.29, 1.82) is 0 Å². The number of carbonyl (C=O) groups excluding carboxylic acids is 1. The number of halogens is 1. The van der Waals surface area contributed by atoms with Crippen LogP contribution in [-0.4, -0.2) is 25.0 Å². The summed E-state index contributed by atoms with van der Waals surface area (Å²) in [6.07, 6.45) is 2.08. The smallest absolute Gasteiger partial charge is 0.251 e. The standard InChI is InChI=1S/C12H15FN2O/c13-10-5-3-9(4-6-10)12(16)15-11-2-1-7-14-8-11/h3-6,11,14H,1-2,7-8H2,(H,15,16)/t11-/m1/s1. The van der Waals surface area contributed by atoms with Gasteiger partial charge in [0, 0.05) is 18.2 Å². The van der Waals surface area contributed by atoms with Gasteiger partial charge < -0.3 is 10.6 Å². The fourth-order valence-electron chi connectivity index (χ4n) is 1.85. The average Bonchev–Trinajstić information content (AvgIpc) is 2.31. The minimum Gasteiger partial charge on any atom is -0.348 e. The molecule has 4 heteroatoms. The summed E-state index contributed by atoms with van der Waals surface area (Å²) < 4.78 is 12.7. The lowest BCUT2D eigenvalue weighted by molar-refractivity contribution is 0.0930. The van der Waals surface area contributed by atoms with Crippen molar-refractivity contribution in [1.82, 2.24) is 10.6 Å². The highest BCUT2D eigenvalue weighted by atomic mass is 19.1. The van der Waals surface area contributed by atoms with Crippen molar-refractivity contribution in [2.24, 2.45) is 0 Å². The van der Waals surface area contributed by atoms with E-state index >= 15 is 0 Å². The molecule has 1 aromatic rings. The van der Waals surface area contributed by atoms with Crippen molar-refractivity contribution in [3.63, 3.8) is 0 Å². The second-order valence-electron chi connectivity index (χ2n) is 4.02. The van der Waals surface area contributed by atoms with Gasteiger partial charge in [-0.1, -0.05) is 0 Å². The molecule has 16 heavy (non-hydrogen) atoms. The zero-order chi connectivity index (χ0) is 11.4. The van der Waals surface area contributed by atoms with Crippen LogP contribution in [0.1, 0.15) is 23.2 Å². The van der Waals surface area contributed by atoms with Gasteiger partial charge in [-0.2, -0.15) is 0 Å². The molecule has 0 bridgehead atoms. The van der Waals surface area contributed by atoms with Gasteiger partial charge in [0.2, 0.25) is 0 Å². The third-order valence-corrected chi connectivity index (χ3v) is 2.74. The highest BCUT2D eigenvalue weighted by Gasteiger charge is 2.15. The maximum atomic E-state index is 12.7. The van der Waals surface area contributed by atoms with Gasteiger partial charge in [-0.3, -0.25) is 4.79 Å². The molecule has 1 atom stereocenters. The van der Waals surface area contributed by atoms with Crippen LogP contribution in [0.5, 0.6) is 0 Å². The SMILES string of the molecule is O=C(N[C@@H]1CCCNC1)c1ccc(F)cc1. The van der Waals surface area contributed by atoms with Gasteiger partial charge in [0.25, 0.3) is 5.91 Å². The molecule has 1 saturated heterocycles. The minimum atomic E-state index is -0.323. The fourth-order valence-corrected chi connectivity index (χ4v) is 1.85. The van der Waals surface area contributed by atoms with Gasteiger partial charge in [0.05, 0.1) is 0 Å². The van der Waals surface area contributed by atoms with E-state index in [1.54, 1.807) is 0 Å². The summed E-state index contributed by atoms with van der Waals surface area (Å²) in [6, 6.07) is 5.79. The molecule has 86 valence electrons. The molecule has 1 aliphatic rings. The van der Waals surface area contributed by atoms with Crippen LogP contribution in [0, 0.1) is 5.82 Å². The first kappa shape index (κ1) is 11.1. The van der Waals surface area contributed by atoms with E-state index in [-0.39, 0.29) is 17.8 Å². The summed E-state index contributed by atoms with van der Waals surface area (Å²) in [4.78, 5) is 11.8. The molecule has 0 unspecified atom stereocenters. The lowest BCUT2D eigenvalue weighted by atomic mass is 10.1. The van der Waals surface area contributed by atoms with Crippen LogP contribution in [-0.2, 0) is 0 Å². The minimum absolute atomic E-state index is 0.131. The summed E-state index contributed by atoms with van der Waals surface area (Å²) in [5.74, 6) is -0.454. The Kier molecular flexibility index (Phi) is 3.51. The van der Waals surface area contributed by atoms with Crippen LogP contribution in [0.25, 0.3) is 0 Å². The van der Waals surface area contributed by atoms with Crippen molar-refractivity contribution in [3.05, 3.63) is 35.6 Å². The number of rotatable bonds is 2. The first-order chi connectivity index (χ1) is 7.75. The molecule has 0 aliphatic carbocycles. The molecular formula is C12H15FN2O. The number of hydrogen-bond donors (Lipinski definition) is 2. The van der Waals surface area contributed by atoms with Gasteiger partial charge in [0.1, 0.15) is 5.82 Å². The molecule has 2 rings (SSSR count). The largest absolute Gasteiger partial charge is 0.348 e. The number of amides is 1. The molecule has 0 spiro atoms. The van der Waals surface area contributed by atoms with Crippen LogP contribution in [0.15, 0.2) is 24.3 Å². The molecule has 1 aliphatic heterocycles. The Balaban J connectivity index is 1.94. The number of carbonyl (C=O) groups is 1. The Morgan fingerprint density at radius 1 is 1.38 bits per heavy atom. The van der Waals surface area contributed by atoms with Gasteiger partial charge in [-0.15, -0.1) is 0 Å². The molecule has 1 aromatic carbocycles.